The van der Waals surface area contributed by atoms with Crippen LogP contribution < -0.4 is 15.0 Å². The second-order valence-corrected chi connectivity index (χ2v) is 7.98. The predicted octanol–water partition coefficient (Wildman–Crippen LogP) is 4.31. The van der Waals surface area contributed by atoms with Gasteiger partial charge in [0.15, 0.2) is 11.6 Å². The summed E-state index contributed by atoms with van der Waals surface area (Å²) in [5, 5.41) is 7.35. The Morgan fingerprint density at radius 1 is 1.32 bits per heavy atom. The first-order chi connectivity index (χ1) is 13.3. The van der Waals surface area contributed by atoms with Crippen LogP contribution in [0.3, 0.4) is 0 Å². The Bertz CT molecular complexity index is 903. The summed E-state index contributed by atoms with van der Waals surface area (Å²) in [6.07, 6.45) is 6.75. The second-order valence-electron chi connectivity index (χ2n) is 7.07. The molecule has 0 aliphatic carbocycles. The SMILES string of the molecule is COc1cncnc1N1CCNC(C)C1CCCc1csc2ccccc12.Cl. The van der Waals surface area contributed by atoms with Crippen molar-refractivity contribution in [3.05, 3.63) is 47.7 Å². The van der Waals surface area contributed by atoms with Gasteiger partial charge in [0.2, 0.25) is 0 Å². The van der Waals surface area contributed by atoms with Gasteiger partial charge in [-0.3, -0.25) is 0 Å². The Hall–Kier alpha value is -1.89. The molecule has 4 rings (SSSR count). The van der Waals surface area contributed by atoms with E-state index in [4.69, 9.17) is 4.74 Å². The molecule has 0 radical (unpaired) electrons. The first-order valence-electron chi connectivity index (χ1n) is 9.57. The van der Waals surface area contributed by atoms with Crippen LogP contribution in [0.5, 0.6) is 5.75 Å². The number of hydrogen-bond donors (Lipinski definition) is 1. The van der Waals surface area contributed by atoms with E-state index in [2.05, 4.69) is 56.8 Å². The highest BCUT2D eigenvalue weighted by Crippen LogP contribution is 2.31. The number of methoxy groups -OCH3 is 1. The first kappa shape index (κ1) is 20.8. The van der Waals surface area contributed by atoms with Crippen LogP contribution in [0.4, 0.5) is 5.82 Å². The van der Waals surface area contributed by atoms with Crippen molar-refractivity contribution in [1.29, 1.82) is 0 Å². The molecule has 28 heavy (non-hydrogen) atoms. The molecule has 7 heteroatoms. The first-order valence-corrected chi connectivity index (χ1v) is 10.4. The number of anilines is 1. The van der Waals surface area contributed by atoms with Gasteiger partial charge in [-0.15, -0.1) is 23.7 Å². The Morgan fingerprint density at radius 3 is 3.04 bits per heavy atom. The molecule has 1 aromatic carbocycles. The largest absolute Gasteiger partial charge is 0.491 e. The van der Waals surface area contributed by atoms with Crippen molar-refractivity contribution in [2.75, 3.05) is 25.1 Å². The van der Waals surface area contributed by atoms with Gasteiger partial charge in [0.25, 0.3) is 0 Å². The Balaban J connectivity index is 0.00000225. The van der Waals surface area contributed by atoms with E-state index in [0.717, 1.165) is 43.9 Å². The van der Waals surface area contributed by atoms with Crippen LogP contribution in [-0.4, -0.2) is 42.3 Å². The van der Waals surface area contributed by atoms with Crippen LogP contribution in [0.15, 0.2) is 42.2 Å². The van der Waals surface area contributed by atoms with E-state index < -0.39 is 0 Å². The monoisotopic (exact) mass is 418 g/mol. The van der Waals surface area contributed by atoms with E-state index >= 15 is 0 Å². The zero-order valence-corrected chi connectivity index (χ0v) is 17.9. The standard InChI is InChI=1S/C21H26N4OS.ClH/c1-15-18(8-5-6-16-13-27-20-9-4-3-7-17(16)20)25(11-10-23-15)21-19(26-2)12-22-14-24-21;/h3-4,7,9,12-15,18,23H,5-6,8,10-11H2,1-2H3;1H. The molecule has 1 saturated heterocycles. The van der Waals surface area contributed by atoms with E-state index in [9.17, 15) is 0 Å². The molecule has 3 heterocycles. The molecular weight excluding hydrogens is 392 g/mol. The zero-order chi connectivity index (χ0) is 18.6. The molecule has 0 bridgehead atoms. The fourth-order valence-corrected chi connectivity index (χ4v) is 5.05. The average Bonchev–Trinajstić information content (AvgIpc) is 3.12. The number of aromatic nitrogens is 2. The fourth-order valence-electron chi connectivity index (χ4n) is 4.05. The lowest BCUT2D eigenvalue weighted by molar-refractivity contribution is 0.352. The van der Waals surface area contributed by atoms with Crippen molar-refractivity contribution >= 4 is 39.6 Å². The third-order valence-electron chi connectivity index (χ3n) is 5.45. The van der Waals surface area contributed by atoms with E-state index in [1.54, 1.807) is 19.6 Å². The third kappa shape index (κ3) is 4.24. The highest BCUT2D eigenvalue weighted by molar-refractivity contribution is 7.17. The highest BCUT2D eigenvalue weighted by atomic mass is 35.5. The van der Waals surface area contributed by atoms with Crippen LogP contribution in [0.25, 0.3) is 10.1 Å². The zero-order valence-electron chi connectivity index (χ0n) is 16.3. The molecule has 2 atom stereocenters. The van der Waals surface area contributed by atoms with Gasteiger partial charge in [-0.25, -0.2) is 9.97 Å². The quantitative estimate of drug-likeness (QED) is 0.646. The molecule has 0 amide bonds. The molecule has 3 aromatic rings. The molecule has 0 saturated carbocycles. The number of aryl methyl sites for hydroxylation is 1. The van der Waals surface area contributed by atoms with Crippen molar-refractivity contribution in [3.8, 4) is 5.75 Å². The normalized spacial score (nSPS) is 19.4. The minimum atomic E-state index is 0. The summed E-state index contributed by atoms with van der Waals surface area (Å²) < 4.78 is 6.89. The van der Waals surface area contributed by atoms with Gasteiger partial charge in [0.05, 0.1) is 13.3 Å². The van der Waals surface area contributed by atoms with Gasteiger partial charge in [-0.2, -0.15) is 0 Å². The van der Waals surface area contributed by atoms with Crippen LogP contribution >= 0.6 is 23.7 Å². The number of halogens is 1. The summed E-state index contributed by atoms with van der Waals surface area (Å²) in [7, 11) is 1.69. The van der Waals surface area contributed by atoms with Crippen LogP contribution in [0.1, 0.15) is 25.3 Å². The topological polar surface area (TPSA) is 50.3 Å². The average molecular weight is 419 g/mol. The van der Waals surface area contributed by atoms with Crippen molar-refractivity contribution in [2.45, 2.75) is 38.3 Å². The number of thiophene rings is 1. The third-order valence-corrected chi connectivity index (χ3v) is 6.47. The molecule has 1 fully saturated rings. The van der Waals surface area contributed by atoms with Crippen molar-refractivity contribution in [2.24, 2.45) is 0 Å². The molecule has 150 valence electrons. The second kappa shape index (κ2) is 9.54. The number of hydrogen-bond acceptors (Lipinski definition) is 6. The van der Waals surface area contributed by atoms with Gasteiger partial charge >= 0.3 is 0 Å². The summed E-state index contributed by atoms with van der Waals surface area (Å²) in [6.45, 7) is 4.16. The van der Waals surface area contributed by atoms with E-state index in [1.807, 2.05) is 11.3 Å². The minimum absolute atomic E-state index is 0. The molecule has 5 nitrogen and oxygen atoms in total. The summed E-state index contributed by atoms with van der Waals surface area (Å²) in [5.41, 5.74) is 1.47. The van der Waals surface area contributed by atoms with Gasteiger partial charge in [-0.1, -0.05) is 18.2 Å². The summed E-state index contributed by atoms with van der Waals surface area (Å²) in [4.78, 5) is 11.0. The van der Waals surface area contributed by atoms with E-state index in [0.29, 0.717) is 12.1 Å². The van der Waals surface area contributed by atoms with Gasteiger partial charge in [-0.05, 0) is 48.6 Å². The molecular formula is C21H27ClN4OS. The van der Waals surface area contributed by atoms with Gasteiger partial charge in [0.1, 0.15) is 6.33 Å². The van der Waals surface area contributed by atoms with Gasteiger partial charge in [0, 0.05) is 29.9 Å². The maximum atomic E-state index is 5.51. The number of nitrogens with zero attached hydrogens (tertiary/aromatic N) is 3. The maximum Gasteiger partial charge on any atom is 0.179 e. The molecule has 2 aromatic heterocycles. The fraction of sp³-hybridized carbons (Fsp3) is 0.429. The van der Waals surface area contributed by atoms with Crippen molar-refractivity contribution in [3.63, 3.8) is 0 Å². The lowest BCUT2D eigenvalue weighted by Gasteiger charge is -2.41. The number of nitrogens with one attached hydrogen (secondary N) is 1. The minimum Gasteiger partial charge on any atom is -0.491 e. The molecule has 1 aliphatic heterocycles. The van der Waals surface area contributed by atoms with Crippen molar-refractivity contribution < 1.29 is 4.74 Å². The summed E-state index contributed by atoms with van der Waals surface area (Å²) in [6, 6.07) is 9.51. The van der Waals surface area contributed by atoms with Crippen LogP contribution in [0.2, 0.25) is 0 Å². The van der Waals surface area contributed by atoms with Crippen molar-refractivity contribution in [1.82, 2.24) is 15.3 Å². The van der Waals surface area contributed by atoms with Crippen LogP contribution in [0, 0.1) is 0 Å². The number of benzene rings is 1. The smallest absolute Gasteiger partial charge is 0.179 e. The number of ether oxygens (including phenoxy) is 1. The molecule has 1 aliphatic rings. The molecule has 0 spiro atoms. The lowest BCUT2D eigenvalue weighted by atomic mass is 9.97. The summed E-state index contributed by atoms with van der Waals surface area (Å²) in [5.74, 6) is 1.66. The number of fused-ring (bicyclic) bond motifs is 1. The predicted molar refractivity (Wildman–Crippen MR) is 119 cm³/mol. The van der Waals surface area contributed by atoms with E-state index in [1.165, 1.54) is 15.6 Å². The van der Waals surface area contributed by atoms with Gasteiger partial charge < -0.3 is 15.0 Å². The lowest BCUT2D eigenvalue weighted by Crippen LogP contribution is -2.57. The number of rotatable bonds is 6. The van der Waals surface area contributed by atoms with Crippen LogP contribution in [-0.2, 0) is 6.42 Å². The maximum absolute atomic E-state index is 5.51. The summed E-state index contributed by atoms with van der Waals surface area (Å²) >= 11 is 1.85. The molecule has 2 unspecified atom stereocenters. The van der Waals surface area contributed by atoms with E-state index in [-0.39, 0.29) is 12.4 Å². The molecule has 1 N–H and O–H groups in total. The Morgan fingerprint density at radius 2 is 2.18 bits per heavy atom. The number of piperazine rings is 1. The Labute approximate surface area is 176 Å². The Kier molecular flexibility index (Phi) is 7.10. The highest BCUT2D eigenvalue weighted by Gasteiger charge is 2.30.